The van der Waals surface area contributed by atoms with E-state index in [9.17, 15) is 0 Å². The fourth-order valence-electron chi connectivity index (χ4n) is 0. The van der Waals surface area contributed by atoms with E-state index in [1.807, 2.05) is 0 Å². The molecule has 0 saturated heterocycles. The third kappa shape index (κ3) is 1.95. The topological polar surface area (TPSA) is 37.0 Å². The minimum Gasteiger partial charge on any atom is -0.625 e. The predicted octanol–water partition coefficient (Wildman–Crippen LogP) is -1.01. The van der Waals surface area contributed by atoms with Crippen molar-refractivity contribution in [3.05, 3.63) is 5.21 Å². The van der Waals surface area contributed by atoms with Gasteiger partial charge in [0.2, 0.25) is 5.12 Å². The molecule has 0 atom stereocenters. The second kappa shape index (κ2) is 2.95. The maximum Gasteiger partial charge on any atom is 0.215 e. The van der Waals surface area contributed by atoms with Crippen molar-refractivity contribution >= 4 is 21.1 Å². The Labute approximate surface area is 32.3 Å². The average Bonchev–Trinajstić information content (AvgIpc) is 1.37. The molecule has 0 aromatic carbocycles. The van der Waals surface area contributed by atoms with Crippen molar-refractivity contribution in [2.24, 2.45) is 0 Å². The molecule has 3 heteroatoms. The summed E-state index contributed by atoms with van der Waals surface area (Å²) in [4.78, 5) is 0. The van der Waals surface area contributed by atoms with Crippen LogP contribution in [0.5, 0.6) is 0 Å². The van der Waals surface area contributed by atoms with Crippen LogP contribution in [0.4, 0.5) is 0 Å². The van der Waals surface area contributed by atoms with Crippen molar-refractivity contribution in [3.8, 4) is 0 Å². The van der Waals surface area contributed by atoms with Crippen LogP contribution in [-0.4, -0.2) is 5.12 Å². The van der Waals surface area contributed by atoms with E-state index in [2.05, 4.69) is 15.9 Å². The van der Waals surface area contributed by atoms with E-state index in [-0.39, 0.29) is 0 Å². The van der Waals surface area contributed by atoms with E-state index in [4.69, 9.17) is 5.21 Å². The smallest absolute Gasteiger partial charge is 0.215 e. The Morgan fingerprint density at radius 1 is 2.00 bits per heavy atom. The molecule has 4 heavy (non-hydrogen) atoms. The van der Waals surface area contributed by atoms with Crippen LogP contribution >= 0.6 is 15.9 Å². The summed E-state index contributed by atoms with van der Waals surface area (Å²) in [5.41, 5.74) is 0. The number of nitrogens with one attached hydrogen (secondary N) is 1. The van der Waals surface area contributed by atoms with Crippen LogP contribution in [-0.2, 0) is 0 Å². The van der Waals surface area contributed by atoms with E-state index in [1.54, 1.807) is 0 Å². The number of halogens is 1. The molecule has 2 nitrogen and oxygen atoms in total. The molecular formula is CH2BrNO. The summed E-state index contributed by atoms with van der Waals surface area (Å²) < 4.78 is 0. The maximum absolute atomic E-state index is 8.95. The van der Waals surface area contributed by atoms with Gasteiger partial charge in [-0.2, -0.15) is 0 Å². The van der Waals surface area contributed by atoms with Gasteiger partial charge in [0.05, 0.1) is 0 Å². The highest BCUT2D eigenvalue weighted by Gasteiger charge is 1.39. The van der Waals surface area contributed by atoms with Crippen molar-refractivity contribution in [1.82, 2.24) is 0 Å². The summed E-state index contributed by atoms with van der Waals surface area (Å²) in [6.45, 7) is 0. The zero-order chi connectivity index (χ0) is 3.41. The van der Waals surface area contributed by atoms with Gasteiger partial charge in [-0.05, 0) is 0 Å². The number of rotatable bonds is 0. The van der Waals surface area contributed by atoms with Gasteiger partial charge in [0.1, 0.15) is 0 Å². The van der Waals surface area contributed by atoms with Gasteiger partial charge < -0.3 is 5.21 Å². The highest BCUT2D eigenvalue weighted by Crippen LogP contribution is 1.48. The Morgan fingerprint density at radius 3 is 2.25 bits per heavy atom. The summed E-state index contributed by atoms with van der Waals surface area (Å²) in [6, 6.07) is 0. The lowest BCUT2D eigenvalue weighted by atomic mass is 11.7. The molecule has 0 aromatic rings. The molecule has 0 amide bonds. The van der Waals surface area contributed by atoms with Crippen LogP contribution in [0, 0.1) is 5.21 Å². The van der Waals surface area contributed by atoms with Crippen LogP contribution < -0.4 is 5.16 Å². The Kier molecular flexibility index (Phi) is 2.91. The van der Waals surface area contributed by atoms with Crippen molar-refractivity contribution in [3.63, 3.8) is 0 Å². The van der Waals surface area contributed by atoms with Gasteiger partial charge in [-0.1, -0.05) is 0 Å². The molecule has 0 rings (SSSR count). The van der Waals surface area contributed by atoms with Gasteiger partial charge in [0.25, 0.3) is 0 Å². The minimum atomic E-state index is 1.13. The summed E-state index contributed by atoms with van der Waals surface area (Å²) >= 11 is 2.70. The third-order valence-electron chi connectivity index (χ3n) is 0.0445. The zero-order valence-corrected chi connectivity index (χ0v) is 3.45. The van der Waals surface area contributed by atoms with E-state index in [0.717, 1.165) is 5.12 Å². The van der Waals surface area contributed by atoms with E-state index < -0.39 is 0 Å². The first kappa shape index (κ1) is 3.95. The molecular weight excluding hydrogens is 122 g/mol. The van der Waals surface area contributed by atoms with E-state index in [1.165, 1.54) is 5.16 Å². The first-order valence-corrected chi connectivity index (χ1v) is 1.63. The second-order valence-electron chi connectivity index (χ2n) is 0.227. The van der Waals surface area contributed by atoms with Crippen LogP contribution in [0.2, 0.25) is 0 Å². The van der Waals surface area contributed by atoms with E-state index >= 15 is 0 Å². The molecule has 0 heterocycles. The van der Waals surface area contributed by atoms with Crippen molar-refractivity contribution in [1.29, 1.82) is 0 Å². The number of hydrogen-bond acceptors (Lipinski definition) is 1. The largest absolute Gasteiger partial charge is 0.625 e. The molecule has 0 radical (unpaired) electrons. The first-order chi connectivity index (χ1) is 1.91. The Balaban J connectivity index is 2.55. The van der Waals surface area contributed by atoms with Gasteiger partial charge in [-0.25, -0.2) is 5.16 Å². The first-order valence-electron chi connectivity index (χ1n) is 0.711. The summed E-state index contributed by atoms with van der Waals surface area (Å²) in [7, 11) is 0. The maximum atomic E-state index is 8.95. The Bertz CT molecular complexity index is 23.2. The quantitative estimate of drug-likeness (QED) is 0.250. The van der Waals surface area contributed by atoms with Crippen molar-refractivity contribution in [2.45, 2.75) is 0 Å². The average molecular weight is 124 g/mol. The van der Waals surface area contributed by atoms with Crippen LogP contribution in [0.15, 0.2) is 0 Å². The molecule has 1 N–H and O–H groups in total. The molecule has 0 aliphatic rings. The molecule has 0 spiro atoms. The predicted molar refractivity (Wildman–Crippen MR) is 19.3 cm³/mol. The normalized spacial score (nSPS) is 9.25. The molecule has 24 valence electrons. The van der Waals surface area contributed by atoms with Gasteiger partial charge in [0, 0.05) is 15.9 Å². The van der Waals surface area contributed by atoms with Crippen molar-refractivity contribution < 1.29 is 5.16 Å². The molecule has 0 aromatic heterocycles. The highest BCUT2D eigenvalue weighted by atomic mass is 79.9. The lowest BCUT2D eigenvalue weighted by molar-refractivity contribution is -0.363. The fraction of sp³-hybridized carbons (Fsp3) is 0. The second-order valence-corrected chi connectivity index (χ2v) is 0.685. The minimum absolute atomic E-state index is 1.13. The highest BCUT2D eigenvalue weighted by molar-refractivity contribution is 9.17. The molecule has 0 aliphatic heterocycles. The third-order valence-corrected chi connectivity index (χ3v) is 0.231. The fourth-order valence-corrected chi connectivity index (χ4v) is 0. The molecule has 0 unspecified atom stereocenters. The monoisotopic (exact) mass is 123 g/mol. The van der Waals surface area contributed by atoms with Crippen LogP contribution in [0.3, 0.4) is 0 Å². The van der Waals surface area contributed by atoms with Crippen molar-refractivity contribution in [2.75, 3.05) is 0 Å². The number of hydrogen-bond donors (Lipinski definition) is 1. The molecule has 0 bridgehead atoms. The standard InChI is InChI=1S/CH2BrNO/c2-1-3-4/h1,3H. The SMILES string of the molecule is [O-][NH+]=CBr. The van der Waals surface area contributed by atoms with Crippen LogP contribution in [0.25, 0.3) is 0 Å². The molecule has 0 saturated carbocycles. The van der Waals surface area contributed by atoms with Gasteiger partial charge in [-0.3, -0.25) is 0 Å². The Morgan fingerprint density at radius 2 is 2.25 bits per heavy atom. The van der Waals surface area contributed by atoms with Gasteiger partial charge in [-0.15, -0.1) is 0 Å². The summed E-state index contributed by atoms with van der Waals surface area (Å²) in [5, 5.41) is 11.6. The van der Waals surface area contributed by atoms with E-state index in [0.29, 0.717) is 0 Å². The Hall–Kier alpha value is -0.0500. The summed E-state index contributed by atoms with van der Waals surface area (Å²) in [5.74, 6) is 0. The van der Waals surface area contributed by atoms with Gasteiger partial charge >= 0.3 is 0 Å². The lowest BCUT2D eigenvalue weighted by Crippen LogP contribution is -2.58. The lowest BCUT2D eigenvalue weighted by Gasteiger charge is -1.63. The zero-order valence-electron chi connectivity index (χ0n) is 1.86. The van der Waals surface area contributed by atoms with Gasteiger partial charge in [0.15, 0.2) is 0 Å². The molecule has 0 aliphatic carbocycles. The molecule has 0 fully saturated rings. The van der Waals surface area contributed by atoms with Crippen LogP contribution in [0.1, 0.15) is 0 Å². The summed E-state index contributed by atoms with van der Waals surface area (Å²) in [6.07, 6.45) is 0.